The number of aliphatic hydroxyl groups is 1. The van der Waals surface area contributed by atoms with Gasteiger partial charge >= 0.3 is 0 Å². The van der Waals surface area contributed by atoms with Gasteiger partial charge in [0.15, 0.2) is 0 Å². The molecular formula is C15H23NO. The maximum absolute atomic E-state index is 10.2. The topological polar surface area (TPSA) is 23.5 Å². The molecule has 0 radical (unpaired) electrons. The van der Waals surface area contributed by atoms with Crippen LogP contribution in [0.1, 0.15) is 37.3 Å². The Kier molecular flexibility index (Phi) is 4.19. The predicted octanol–water partition coefficient (Wildman–Crippen LogP) is 2.84. The highest BCUT2D eigenvalue weighted by Crippen LogP contribution is 2.37. The molecule has 0 bridgehead atoms. The first-order valence-electron chi connectivity index (χ1n) is 6.59. The van der Waals surface area contributed by atoms with Gasteiger partial charge in [-0.3, -0.25) is 0 Å². The van der Waals surface area contributed by atoms with Gasteiger partial charge in [-0.2, -0.15) is 0 Å². The highest BCUT2D eigenvalue weighted by molar-refractivity contribution is 5.20. The smallest absolute Gasteiger partial charge is 0.0586 e. The van der Waals surface area contributed by atoms with Crippen molar-refractivity contribution in [1.82, 2.24) is 4.90 Å². The van der Waals surface area contributed by atoms with Crippen LogP contribution in [-0.2, 0) is 0 Å². The Balaban J connectivity index is 2.22. The maximum atomic E-state index is 10.2. The molecule has 3 atom stereocenters. The van der Waals surface area contributed by atoms with E-state index in [-0.39, 0.29) is 6.10 Å². The zero-order chi connectivity index (χ0) is 12.3. The summed E-state index contributed by atoms with van der Waals surface area (Å²) in [4.78, 5) is 2.24. The zero-order valence-electron chi connectivity index (χ0n) is 10.8. The van der Waals surface area contributed by atoms with Gasteiger partial charge in [0.25, 0.3) is 0 Å². The molecule has 1 fully saturated rings. The summed E-state index contributed by atoms with van der Waals surface area (Å²) in [7, 11) is 4.22. The van der Waals surface area contributed by atoms with Gasteiger partial charge in [-0.25, -0.2) is 0 Å². The Morgan fingerprint density at radius 3 is 2.35 bits per heavy atom. The van der Waals surface area contributed by atoms with Crippen molar-refractivity contribution >= 4 is 0 Å². The second-order valence-electron chi connectivity index (χ2n) is 5.33. The van der Waals surface area contributed by atoms with E-state index in [1.165, 1.54) is 18.4 Å². The van der Waals surface area contributed by atoms with Gasteiger partial charge in [0.2, 0.25) is 0 Å². The van der Waals surface area contributed by atoms with Crippen molar-refractivity contribution in [3.63, 3.8) is 0 Å². The Hall–Kier alpha value is -0.860. The monoisotopic (exact) mass is 233 g/mol. The summed E-state index contributed by atoms with van der Waals surface area (Å²) >= 11 is 0. The van der Waals surface area contributed by atoms with Crippen molar-refractivity contribution < 1.29 is 5.11 Å². The van der Waals surface area contributed by atoms with Gasteiger partial charge in [-0.05, 0) is 32.5 Å². The summed E-state index contributed by atoms with van der Waals surface area (Å²) in [5.74, 6) is 0.376. The molecule has 1 aliphatic carbocycles. The molecule has 1 N–H and O–H groups in total. The lowest BCUT2D eigenvalue weighted by atomic mass is 9.78. The molecule has 0 saturated heterocycles. The standard InChI is InChI=1S/C15H23NO/c1-16(2)15(12-8-4-3-5-9-12)13-10-6-7-11-14(13)17/h3-5,8-9,13-15,17H,6-7,10-11H2,1-2H3/t13-,14-,15?/m1/s1. The third-order valence-corrected chi connectivity index (χ3v) is 3.88. The summed E-state index contributed by atoms with van der Waals surface area (Å²) in [6, 6.07) is 10.9. The fourth-order valence-electron chi connectivity index (χ4n) is 3.09. The van der Waals surface area contributed by atoms with Crippen molar-refractivity contribution in [2.75, 3.05) is 14.1 Å². The second kappa shape index (κ2) is 5.65. The number of rotatable bonds is 3. The normalized spacial score (nSPS) is 27.1. The quantitative estimate of drug-likeness (QED) is 0.867. The molecule has 0 aromatic heterocycles. The molecule has 17 heavy (non-hydrogen) atoms. The lowest BCUT2D eigenvalue weighted by molar-refractivity contribution is 0.0221. The minimum atomic E-state index is -0.142. The van der Waals surface area contributed by atoms with Crippen LogP contribution in [0.3, 0.4) is 0 Å². The van der Waals surface area contributed by atoms with Crippen molar-refractivity contribution in [2.45, 2.75) is 37.8 Å². The molecular weight excluding hydrogens is 210 g/mol. The minimum Gasteiger partial charge on any atom is -0.393 e. The van der Waals surface area contributed by atoms with Gasteiger partial charge in [0.1, 0.15) is 0 Å². The summed E-state index contributed by atoms with van der Waals surface area (Å²) in [6.07, 6.45) is 4.38. The van der Waals surface area contributed by atoms with Crippen LogP contribution in [0.15, 0.2) is 30.3 Å². The van der Waals surface area contributed by atoms with Crippen LogP contribution in [-0.4, -0.2) is 30.2 Å². The van der Waals surface area contributed by atoms with E-state index in [0.717, 1.165) is 12.8 Å². The molecule has 0 amide bonds. The average Bonchev–Trinajstić information content (AvgIpc) is 2.33. The second-order valence-corrected chi connectivity index (χ2v) is 5.33. The summed E-state index contributed by atoms with van der Waals surface area (Å²) in [5.41, 5.74) is 1.32. The number of nitrogens with zero attached hydrogens (tertiary/aromatic N) is 1. The van der Waals surface area contributed by atoms with E-state index in [1.54, 1.807) is 0 Å². The minimum absolute atomic E-state index is 0.142. The van der Waals surface area contributed by atoms with Crippen LogP contribution >= 0.6 is 0 Å². The van der Waals surface area contributed by atoms with Crippen LogP contribution < -0.4 is 0 Å². The molecule has 0 aliphatic heterocycles. The van der Waals surface area contributed by atoms with Gasteiger partial charge in [-0.15, -0.1) is 0 Å². The Morgan fingerprint density at radius 1 is 1.12 bits per heavy atom. The molecule has 1 aromatic rings. The first kappa shape index (κ1) is 12.6. The van der Waals surface area contributed by atoms with Crippen LogP contribution in [0, 0.1) is 5.92 Å². The van der Waals surface area contributed by atoms with Crippen molar-refractivity contribution in [2.24, 2.45) is 5.92 Å². The first-order valence-corrected chi connectivity index (χ1v) is 6.59. The van der Waals surface area contributed by atoms with E-state index in [1.807, 2.05) is 6.07 Å². The Morgan fingerprint density at radius 2 is 1.76 bits per heavy atom. The molecule has 1 aromatic carbocycles. The maximum Gasteiger partial charge on any atom is 0.0586 e. The van der Waals surface area contributed by atoms with Gasteiger partial charge in [0.05, 0.1) is 6.10 Å². The molecule has 2 rings (SSSR count). The molecule has 1 saturated carbocycles. The molecule has 1 unspecified atom stereocenters. The van der Waals surface area contributed by atoms with Gasteiger partial charge in [0, 0.05) is 12.0 Å². The van der Waals surface area contributed by atoms with Crippen LogP contribution in [0.2, 0.25) is 0 Å². The van der Waals surface area contributed by atoms with E-state index in [9.17, 15) is 5.11 Å². The summed E-state index contributed by atoms with van der Waals surface area (Å²) in [5, 5.41) is 10.2. The lowest BCUT2D eigenvalue weighted by Crippen LogP contribution is -2.36. The number of benzene rings is 1. The van der Waals surface area contributed by atoms with Crippen molar-refractivity contribution in [3.8, 4) is 0 Å². The van der Waals surface area contributed by atoms with Crippen LogP contribution in [0.5, 0.6) is 0 Å². The highest BCUT2D eigenvalue weighted by Gasteiger charge is 2.32. The van der Waals surface area contributed by atoms with E-state index in [0.29, 0.717) is 12.0 Å². The highest BCUT2D eigenvalue weighted by atomic mass is 16.3. The van der Waals surface area contributed by atoms with E-state index in [2.05, 4.69) is 43.3 Å². The molecule has 0 spiro atoms. The van der Waals surface area contributed by atoms with Crippen LogP contribution in [0.25, 0.3) is 0 Å². The Labute approximate surface area is 104 Å². The molecule has 0 heterocycles. The summed E-state index contributed by atoms with van der Waals surface area (Å²) < 4.78 is 0. The molecule has 1 aliphatic rings. The predicted molar refractivity (Wildman–Crippen MR) is 70.8 cm³/mol. The first-order chi connectivity index (χ1) is 8.20. The van der Waals surface area contributed by atoms with E-state index < -0.39 is 0 Å². The largest absolute Gasteiger partial charge is 0.393 e. The van der Waals surface area contributed by atoms with Gasteiger partial charge < -0.3 is 10.0 Å². The zero-order valence-corrected chi connectivity index (χ0v) is 10.8. The van der Waals surface area contributed by atoms with E-state index >= 15 is 0 Å². The third-order valence-electron chi connectivity index (χ3n) is 3.88. The lowest BCUT2D eigenvalue weighted by Gasteiger charge is -2.38. The molecule has 2 nitrogen and oxygen atoms in total. The molecule has 94 valence electrons. The number of aliphatic hydroxyl groups excluding tert-OH is 1. The average molecular weight is 233 g/mol. The van der Waals surface area contributed by atoms with Crippen molar-refractivity contribution in [3.05, 3.63) is 35.9 Å². The number of hydrogen-bond acceptors (Lipinski definition) is 2. The third kappa shape index (κ3) is 2.88. The van der Waals surface area contributed by atoms with Crippen molar-refractivity contribution in [1.29, 1.82) is 0 Å². The van der Waals surface area contributed by atoms with Gasteiger partial charge in [-0.1, -0.05) is 43.2 Å². The summed E-state index contributed by atoms with van der Waals surface area (Å²) in [6.45, 7) is 0. The van der Waals surface area contributed by atoms with Crippen LogP contribution in [0.4, 0.5) is 0 Å². The van der Waals surface area contributed by atoms with E-state index in [4.69, 9.17) is 0 Å². The Bertz CT molecular complexity index is 336. The fourth-order valence-corrected chi connectivity index (χ4v) is 3.09. The molecule has 2 heteroatoms. The SMILES string of the molecule is CN(C)C(c1ccccc1)[C@@H]1CCCC[C@H]1O. The number of hydrogen-bond donors (Lipinski definition) is 1. The fraction of sp³-hybridized carbons (Fsp3) is 0.600.